The predicted molar refractivity (Wildman–Crippen MR) is 239 cm³/mol. The molecule has 61 heavy (non-hydrogen) atoms. The quantitative estimate of drug-likeness (QED) is 0.105. The molecule has 12 nitrogen and oxygen atoms in total. The van der Waals surface area contributed by atoms with Crippen molar-refractivity contribution >= 4 is 61.3 Å². The average Bonchev–Trinajstić information content (AvgIpc) is 3.75. The summed E-state index contributed by atoms with van der Waals surface area (Å²) in [4.78, 5) is 22.6. The van der Waals surface area contributed by atoms with Crippen LogP contribution in [0, 0.1) is 17.3 Å². The van der Waals surface area contributed by atoms with E-state index in [4.69, 9.17) is 32.7 Å². The van der Waals surface area contributed by atoms with Crippen LogP contribution in [0.1, 0.15) is 74.7 Å². The van der Waals surface area contributed by atoms with E-state index in [1.807, 2.05) is 30.3 Å². The fourth-order valence-corrected chi connectivity index (χ4v) is 10.0. The third-order valence-corrected chi connectivity index (χ3v) is 14.2. The van der Waals surface area contributed by atoms with E-state index < -0.39 is 15.9 Å². The number of aliphatic hydroxyl groups is 1. The van der Waals surface area contributed by atoms with Crippen molar-refractivity contribution in [3.05, 3.63) is 106 Å². The van der Waals surface area contributed by atoms with Crippen LogP contribution in [0.15, 0.2) is 89.6 Å². The van der Waals surface area contributed by atoms with Crippen LogP contribution in [0.5, 0.6) is 17.4 Å². The molecule has 1 saturated carbocycles. The number of hydrogen-bond acceptors (Lipinski definition) is 10. The van der Waals surface area contributed by atoms with E-state index in [2.05, 4.69) is 55.7 Å². The molecule has 2 fully saturated rings. The normalized spacial score (nSPS) is 19.9. The lowest BCUT2D eigenvalue weighted by atomic mass is 9.72. The van der Waals surface area contributed by atoms with E-state index in [9.17, 15) is 18.3 Å². The lowest BCUT2D eigenvalue weighted by Gasteiger charge is -2.39. The first-order valence-electron chi connectivity index (χ1n) is 21.0. The number of pyridine rings is 1. The molecule has 0 radical (unpaired) electrons. The second-order valence-electron chi connectivity index (χ2n) is 17.3. The first-order valence-corrected chi connectivity index (χ1v) is 23.2. The van der Waals surface area contributed by atoms with Crippen LogP contribution in [0.3, 0.4) is 0 Å². The molecule has 5 aromatic rings. The Morgan fingerprint density at radius 3 is 2.44 bits per heavy atom. The van der Waals surface area contributed by atoms with Crippen LogP contribution < -0.4 is 19.1 Å². The van der Waals surface area contributed by atoms with Gasteiger partial charge in [-0.15, -0.1) is 0 Å². The molecular weight excluding hydrogens is 836 g/mol. The molecule has 3 aromatic carbocycles. The fourth-order valence-electron chi connectivity index (χ4n) is 8.70. The van der Waals surface area contributed by atoms with Gasteiger partial charge in [0.1, 0.15) is 21.4 Å². The Balaban J connectivity index is 0.978. The summed E-state index contributed by atoms with van der Waals surface area (Å²) in [6.45, 7) is 9.37. The van der Waals surface area contributed by atoms with Gasteiger partial charge < -0.3 is 19.5 Å². The topological polar surface area (TPSA) is 150 Å². The van der Waals surface area contributed by atoms with Gasteiger partial charge in [-0.2, -0.15) is 5.10 Å². The van der Waals surface area contributed by atoms with Gasteiger partial charge in [-0.05, 0) is 116 Å². The summed E-state index contributed by atoms with van der Waals surface area (Å²) in [6, 6.07) is 20.1. The molecule has 2 aliphatic carbocycles. The maximum absolute atomic E-state index is 13.9. The van der Waals surface area contributed by atoms with E-state index >= 15 is 0 Å². The first-order chi connectivity index (χ1) is 29.3. The van der Waals surface area contributed by atoms with Gasteiger partial charge in [0.15, 0.2) is 0 Å². The molecule has 0 atom stereocenters. The number of carbonyl (C=O) groups excluding carboxylic acids is 1. The van der Waals surface area contributed by atoms with Crippen LogP contribution in [0.2, 0.25) is 10.0 Å². The maximum Gasteiger partial charge on any atom is 0.268 e. The second-order valence-corrected chi connectivity index (χ2v) is 19.9. The number of aromatic amines is 1. The third-order valence-electron chi connectivity index (χ3n) is 12.4. The van der Waals surface area contributed by atoms with Gasteiger partial charge in [0.2, 0.25) is 5.88 Å². The summed E-state index contributed by atoms with van der Waals surface area (Å²) < 4.78 is 41.8. The largest absolute Gasteiger partial charge is 0.476 e. The van der Waals surface area contributed by atoms with Gasteiger partial charge in [-0.25, -0.2) is 18.1 Å². The standard InChI is InChI=1S/C46H52Cl2N6O6S/c1-46(2)17-16-33(38(24-46)32-10-12-34(47)13-11-32)27-53-18-20-54(21-19-53)35-14-15-37(43(22-35)60-42-5-3-4-41-39(42)26-50-51-41)44(56)52-61(57,58)36-23-40(48)45(49-25-36)59-29-31-8-6-30(28-55)7-9-31/h3-5,10-15,22-23,25-26,30-31,55H,6-9,16-21,24,27-29H2,1-2H3,(H,50,51)(H,52,56). The number of anilines is 1. The lowest BCUT2D eigenvalue weighted by molar-refractivity contribution is 0.0979. The molecule has 0 bridgehead atoms. The van der Waals surface area contributed by atoms with Crippen molar-refractivity contribution in [3.8, 4) is 17.4 Å². The highest BCUT2D eigenvalue weighted by atomic mass is 35.5. The molecule has 8 rings (SSSR count). The lowest BCUT2D eigenvalue weighted by Crippen LogP contribution is -2.47. The number of fused-ring (bicyclic) bond motifs is 1. The highest BCUT2D eigenvalue weighted by molar-refractivity contribution is 7.90. The Kier molecular flexibility index (Phi) is 12.9. The zero-order valence-electron chi connectivity index (χ0n) is 34.5. The highest BCUT2D eigenvalue weighted by Gasteiger charge is 2.30. The second kappa shape index (κ2) is 18.4. The van der Waals surface area contributed by atoms with Crippen LogP contribution in [-0.2, 0) is 10.0 Å². The number of carbonyl (C=O) groups is 1. The SMILES string of the molecule is CC1(C)CCC(CN2CCN(c3ccc(C(=O)NS(=O)(=O)c4cnc(OCC5CCC(CO)CC5)c(Cl)c4)c(Oc4cccc5[nH]ncc45)c3)CC2)=C(c2ccc(Cl)cc2)C1. The Morgan fingerprint density at radius 2 is 1.70 bits per heavy atom. The van der Waals surface area contributed by atoms with Gasteiger partial charge in [0.05, 0.1) is 35.5 Å². The van der Waals surface area contributed by atoms with Gasteiger partial charge in [-0.1, -0.05) is 60.8 Å². The van der Waals surface area contributed by atoms with Crippen LogP contribution in [0.25, 0.3) is 16.5 Å². The first kappa shape index (κ1) is 43.0. The van der Waals surface area contributed by atoms with E-state index in [1.54, 1.807) is 24.4 Å². The number of aromatic nitrogens is 3. The molecule has 1 aliphatic heterocycles. The molecule has 1 saturated heterocycles. The number of halogens is 2. The summed E-state index contributed by atoms with van der Waals surface area (Å²) in [5, 5.41) is 18.0. The van der Waals surface area contributed by atoms with E-state index in [1.165, 1.54) is 22.8 Å². The van der Waals surface area contributed by atoms with Gasteiger partial charge in [-0.3, -0.25) is 14.8 Å². The van der Waals surface area contributed by atoms with E-state index in [0.29, 0.717) is 29.6 Å². The number of amides is 1. The summed E-state index contributed by atoms with van der Waals surface area (Å²) in [5.74, 6) is 0.513. The number of rotatable bonds is 13. The molecular formula is C46H52Cl2N6O6S. The van der Waals surface area contributed by atoms with Crippen molar-refractivity contribution in [1.29, 1.82) is 0 Å². The van der Waals surface area contributed by atoms with E-state index in [-0.39, 0.29) is 39.1 Å². The third kappa shape index (κ3) is 10.2. The number of nitrogens with one attached hydrogen (secondary N) is 2. The number of H-pyrrole nitrogens is 1. The number of aliphatic hydroxyl groups excluding tert-OH is 1. The zero-order valence-corrected chi connectivity index (χ0v) is 36.8. The molecule has 0 spiro atoms. The number of hydrogen-bond donors (Lipinski definition) is 3. The van der Waals surface area contributed by atoms with Gasteiger partial charge in [0.25, 0.3) is 15.9 Å². The van der Waals surface area contributed by atoms with Crippen molar-refractivity contribution in [2.75, 3.05) is 50.8 Å². The maximum atomic E-state index is 13.9. The number of sulfonamides is 1. The molecule has 3 aliphatic rings. The summed E-state index contributed by atoms with van der Waals surface area (Å²) >= 11 is 12.7. The van der Waals surface area contributed by atoms with Crippen LogP contribution in [0.4, 0.5) is 5.69 Å². The number of ether oxygens (including phenoxy) is 2. The minimum absolute atomic E-state index is 0.0162. The molecule has 1 amide bonds. The average molecular weight is 888 g/mol. The van der Waals surface area contributed by atoms with Crippen LogP contribution >= 0.6 is 23.2 Å². The van der Waals surface area contributed by atoms with Crippen molar-refractivity contribution in [3.63, 3.8) is 0 Å². The van der Waals surface area contributed by atoms with Crippen molar-refractivity contribution in [1.82, 2.24) is 24.8 Å². The fraction of sp³-hybridized carbons (Fsp3) is 0.413. The molecule has 322 valence electrons. The van der Waals surface area contributed by atoms with Gasteiger partial charge >= 0.3 is 0 Å². The Labute approximate surface area is 367 Å². The Bertz CT molecular complexity index is 2510. The Morgan fingerprint density at radius 1 is 0.951 bits per heavy atom. The molecule has 3 heterocycles. The summed E-state index contributed by atoms with van der Waals surface area (Å²) in [6.07, 6.45) is 9.72. The number of piperazine rings is 1. The van der Waals surface area contributed by atoms with Crippen molar-refractivity contribution in [2.45, 2.75) is 63.7 Å². The minimum atomic E-state index is -4.41. The van der Waals surface area contributed by atoms with Gasteiger partial charge in [0, 0.05) is 56.1 Å². The molecule has 2 aromatic heterocycles. The summed E-state index contributed by atoms with van der Waals surface area (Å²) in [5.41, 5.74) is 6.02. The van der Waals surface area contributed by atoms with Crippen molar-refractivity contribution in [2.24, 2.45) is 17.3 Å². The smallest absolute Gasteiger partial charge is 0.268 e. The summed E-state index contributed by atoms with van der Waals surface area (Å²) in [7, 11) is -4.41. The highest BCUT2D eigenvalue weighted by Crippen LogP contribution is 2.44. The number of allylic oxidation sites excluding steroid dienone is 1. The zero-order chi connectivity index (χ0) is 42.7. The van der Waals surface area contributed by atoms with E-state index in [0.717, 1.165) is 100 Å². The van der Waals surface area contributed by atoms with Crippen molar-refractivity contribution < 1.29 is 27.8 Å². The minimum Gasteiger partial charge on any atom is -0.476 e. The Hall–Kier alpha value is -4.66. The predicted octanol–water partition coefficient (Wildman–Crippen LogP) is 9.14. The van der Waals surface area contributed by atoms with Crippen LogP contribution in [-0.4, -0.2) is 85.5 Å². The molecule has 15 heteroatoms. The number of benzene rings is 3. The molecule has 3 N–H and O–H groups in total. The monoisotopic (exact) mass is 886 g/mol. The number of nitrogens with zero attached hydrogens (tertiary/aromatic N) is 4. The molecule has 0 unspecified atom stereocenters.